The smallest absolute Gasteiger partial charge is 0.333 e. The number of rotatable bonds is 7. The first-order valence-corrected chi connectivity index (χ1v) is 7.31. The van der Waals surface area contributed by atoms with Crippen LogP contribution >= 0.6 is 0 Å². The lowest BCUT2D eigenvalue weighted by atomic mass is 9.90. The van der Waals surface area contributed by atoms with Crippen LogP contribution in [0.3, 0.4) is 0 Å². The van der Waals surface area contributed by atoms with Crippen LogP contribution in [0.25, 0.3) is 0 Å². The van der Waals surface area contributed by atoms with E-state index in [4.69, 9.17) is 14.2 Å². The van der Waals surface area contributed by atoms with Gasteiger partial charge in [-0.1, -0.05) is 37.3 Å². The molecule has 0 spiro atoms. The van der Waals surface area contributed by atoms with Crippen LogP contribution in [0, 0.1) is 0 Å². The normalized spacial score (nSPS) is 21.0. The lowest BCUT2D eigenvalue weighted by Crippen LogP contribution is -2.54. The number of hydrogen-bond donors (Lipinski definition) is 1. The zero-order valence-electron chi connectivity index (χ0n) is 12.6. The van der Waals surface area contributed by atoms with Gasteiger partial charge < -0.3 is 14.2 Å². The SMILES string of the molecule is CCNC(COC1CCOC1)(C(=O)OC)c1ccccc1. The number of likely N-dealkylation sites (N-methyl/N-ethyl adjacent to an activating group) is 1. The molecule has 1 aromatic rings. The summed E-state index contributed by atoms with van der Waals surface area (Å²) in [6.07, 6.45) is 0.898. The molecular weight excluding hydrogens is 270 g/mol. The average molecular weight is 293 g/mol. The molecule has 116 valence electrons. The molecule has 5 nitrogen and oxygen atoms in total. The first-order valence-electron chi connectivity index (χ1n) is 7.31. The van der Waals surface area contributed by atoms with Gasteiger partial charge in [0, 0.05) is 6.61 Å². The largest absolute Gasteiger partial charge is 0.467 e. The van der Waals surface area contributed by atoms with Gasteiger partial charge in [0.1, 0.15) is 0 Å². The van der Waals surface area contributed by atoms with Gasteiger partial charge in [-0.3, -0.25) is 5.32 Å². The maximum atomic E-state index is 12.4. The Morgan fingerprint density at radius 2 is 2.19 bits per heavy atom. The van der Waals surface area contributed by atoms with Crippen molar-refractivity contribution in [2.45, 2.75) is 25.0 Å². The predicted molar refractivity (Wildman–Crippen MR) is 79.0 cm³/mol. The number of carbonyl (C=O) groups excluding carboxylic acids is 1. The fourth-order valence-electron chi connectivity index (χ4n) is 2.57. The van der Waals surface area contributed by atoms with Gasteiger partial charge in [0.05, 0.1) is 26.4 Å². The second-order valence-corrected chi connectivity index (χ2v) is 5.09. The Labute approximate surface area is 125 Å². The van der Waals surface area contributed by atoms with E-state index in [1.807, 2.05) is 37.3 Å². The minimum Gasteiger partial charge on any atom is -0.467 e. The molecule has 0 aliphatic carbocycles. The summed E-state index contributed by atoms with van der Waals surface area (Å²) in [5.74, 6) is -0.338. The van der Waals surface area contributed by atoms with Crippen molar-refractivity contribution in [3.05, 3.63) is 35.9 Å². The number of esters is 1. The van der Waals surface area contributed by atoms with Crippen molar-refractivity contribution in [2.24, 2.45) is 0 Å². The van der Waals surface area contributed by atoms with Crippen LogP contribution in [0.15, 0.2) is 30.3 Å². The van der Waals surface area contributed by atoms with E-state index in [0.717, 1.165) is 12.0 Å². The molecule has 1 saturated heterocycles. The van der Waals surface area contributed by atoms with Crippen LogP contribution in [-0.2, 0) is 24.5 Å². The Hall–Kier alpha value is -1.43. The average Bonchev–Trinajstić information content (AvgIpc) is 3.05. The number of hydrogen-bond acceptors (Lipinski definition) is 5. The van der Waals surface area contributed by atoms with Crippen molar-refractivity contribution in [2.75, 3.05) is 33.5 Å². The number of ether oxygens (including phenoxy) is 3. The molecule has 2 atom stereocenters. The van der Waals surface area contributed by atoms with Crippen LogP contribution in [0.2, 0.25) is 0 Å². The summed E-state index contributed by atoms with van der Waals surface area (Å²) >= 11 is 0. The molecule has 2 unspecified atom stereocenters. The summed E-state index contributed by atoms with van der Waals surface area (Å²) in [4.78, 5) is 12.4. The number of benzene rings is 1. The second kappa shape index (κ2) is 7.54. The number of carbonyl (C=O) groups is 1. The van der Waals surface area contributed by atoms with Gasteiger partial charge in [0.15, 0.2) is 5.54 Å². The van der Waals surface area contributed by atoms with Crippen LogP contribution in [0.4, 0.5) is 0 Å². The van der Waals surface area contributed by atoms with E-state index in [-0.39, 0.29) is 18.7 Å². The van der Waals surface area contributed by atoms with E-state index in [2.05, 4.69) is 5.32 Å². The van der Waals surface area contributed by atoms with E-state index >= 15 is 0 Å². The topological polar surface area (TPSA) is 56.8 Å². The van der Waals surface area contributed by atoms with Crippen LogP contribution in [0.5, 0.6) is 0 Å². The Kier molecular flexibility index (Phi) is 5.73. The molecular formula is C16H23NO4. The summed E-state index contributed by atoms with van der Waals surface area (Å²) in [6.45, 7) is 4.11. The molecule has 0 amide bonds. The molecule has 1 aromatic carbocycles. The van der Waals surface area contributed by atoms with Gasteiger partial charge in [0.25, 0.3) is 0 Å². The lowest BCUT2D eigenvalue weighted by Gasteiger charge is -2.33. The summed E-state index contributed by atoms with van der Waals surface area (Å²) in [6, 6.07) is 9.55. The van der Waals surface area contributed by atoms with E-state index in [1.54, 1.807) is 0 Å². The molecule has 1 N–H and O–H groups in total. The molecule has 0 radical (unpaired) electrons. The van der Waals surface area contributed by atoms with Gasteiger partial charge in [-0.2, -0.15) is 0 Å². The zero-order chi connectivity index (χ0) is 15.1. The third-order valence-electron chi connectivity index (χ3n) is 3.70. The highest BCUT2D eigenvalue weighted by atomic mass is 16.6. The van der Waals surface area contributed by atoms with Crippen molar-refractivity contribution in [3.63, 3.8) is 0 Å². The quantitative estimate of drug-likeness (QED) is 0.772. The summed E-state index contributed by atoms with van der Waals surface area (Å²) < 4.78 is 16.2. The third kappa shape index (κ3) is 3.61. The Morgan fingerprint density at radius 3 is 2.76 bits per heavy atom. The highest BCUT2D eigenvalue weighted by Gasteiger charge is 2.42. The molecule has 0 bridgehead atoms. The monoisotopic (exact) mass is 293 g/mol. The molecule has 5 heteroatoms. The molecule has 1 fully saturated rings. The van der Waals surface area contributed by atoms with Crippen molar-refractivity contribution >= 4 is 5.97 Å². The van der Waals surface area contributed by atoms with Crippen LogP contribution < -0.4 is 5.32 Å². The van der Waals surface area contributed by atoms with Crippen LogP contribution in [0.1, 0.15) is 18.9 Å². The van der Waals surface area contributed by atoms with E-state index in [9.17, 15) is 4.79 Å². The summed E-state index contributed by atoms with van der Waals surface area (Å²) in [5.41, 5.74) is -0.134. The van der Waals surface area contributed by atoms with Gasteiger partial charge in [0.2, 0.25) is 0 Å². The van der Waals surface area contributed by atoms with Gasteiger partial charge >= 0.3 is 5.97 Å². The first kappa shape index (κ1) is 15.9. The maximum Gasteiger partial charge on any atom is 0.333 e. The number of nitrogens with one attached hydrogen (secondary N) is 1. The minimum absolute atomic E-state index is 0.0383. The van der Waals surface area contributed by atoms with E-state index < -0.39 is 5.54 Å². The number of methoxy groups -OCH3 is 1. The molecule has 21 heavy (non-hydrogen) atoms. The Balaban J connectivity index is 2.24. The van der Waals surface area contributed by atoms with Crippen LogP contribution in [-0.4, -0.2) is 45.5 Å². The van der Waals surface area contributed by atoms with Gasteiger partial charge in [-0.05, 0) is 18.5 Å². The van der Waals surface area contributed by atoms with E-state index in [1.165, 1.54) is 7.11 Å². The lowest BCUT2D eigenvalue weighted by molar-refractivity contribution is -0.153. The molecule has 1 aliphatic rings. The third-order valence-corrected chi connectivity index (χ3v) is 3.70. The first-order chi connectivity index (χ1) is 10.2. The summed E-state index contributed by atoms with van der Waals surface area (Å²) in [5, 5.41) is 3.25. The predicted octanol–water partition coefficient (Wildman–Crippen LogP) is 1.47. The molecule has 1 aliphatic heterocycles. The minimum atomic E-state index is -0.979. The Morgan fingerprint density at radius 1 is 1.43 bits per heavy atom. The van der Waals surface area contributed by atoms with Gasteiger partial charge in [-0.25, -0.2) is 4.79 Å². The highest BCUT2D eigenvalue weighted by Crippen LogP contribution is 2.25. The van der Waals surface area contributed by atoms with Crippen molar-refractivity contribution in [3.8, 4) is 0 Å². The zero-order valence-corrected chi connectivity index (χ0v) is 12.6. The van der Waals surface area contributed by atoms with Gasteiger partial charge in [-0.15, -0.1) is 0 Å². The molecule has 0 aromatic heterocycles. The second-order valence-electron chi connectivity index (χ2n) is 5.09. The summed E-state index contributed by atoms with van der Waals surface area (Å²) in [7, 11) is 1.40. The van der Waals surface area contributed by atoms with Crippen molar-refractivity contribution < 1.29 is 19.0 Å². The maximum absolute atomic E-state index is 12.4. The standard InChI is InChI=1S/C16H23NO4/c1-3-17-16(15(18)19-2,13-7-5-4-6-8-13)12-21-14-9-10-20-11-14/h4-8,14,17H,3,9-12H2,1-2H3. The fourth-order valence-corrected chi connectivity index (χ4v) is 2.57. The van der Waals surface area contributed by atoms with Crippen molar-refractivity contribution in [1.29, 1.82) is 0 Å². The molecule has 0 saturated carbocycles. The van der Waals surface area contributed by atoms with Crippen molar-refractivity contribution in [1.82, 2.24) is 5.32 Å². The fraction of sp³-hybridized carbons (Fsp3) is 0.562. The van der Waals surface area contributed by atoms with E-state index in [0.29, 0.717) is 19.8 Å². The molecule has 1 heterocycles. The molecule has 2 rings (SSSR count). The highest BCUT2D eigenvalue weighted by molar-refractivity contribution is 5.82. The Bertz CT molecular complexity index is 445.